The molecule has 1 aliphatic heterocycles. The number of guanidine groups is 1. The summed E-state index contributed by atoms with van der Waals surface area (Å²) >= 11 is 0.978. The van der Waals surface area contributed by atoms with E-state index in [-0.39, 0.29) is 12.5 Å². The predicted octanol–water partition coefficient (Wildman–Crippen LogP) is 1.36. The molecule has 12 heteroatoms. The van der Waals surface area contributed by atoms with E-state index >= 15 is 0 Å². The van der Waals surface area contributed by atoms with Crippen LogP contribution in [0.3, 0.4) is 0 Å². The van der Waals surface area contributed by atoms with Gasteiger partial charge in [-0.25, -0.2) is 4.98 Å². The number of amides is 1. The number of aromatic nitrogens is 3. The normalized spacial score (nSPS) is 16.0. The zero-order chi connectivity index (χ0) is 20.3. The van der Waals surface area contributed by atoms with E-state index in [1.54, 1.807) is 36.1 Å². The molecule has 1 saturated heterocycles. The number of carbonyl (C=O) groups excluding carboxylic acids is 1. The maximum Gasteiger partial charge on any atom is 0.434 e. The van der Waals surface area contributed by atoms with Crippen LogP contribution in [0.2, 0.25) is 0 Å². The number of alkyl halides is 3. The van der Waals surface area contributed by atoms with Crippen molar-refractivity contribution in [3.63, 3.8) is 0 Å². The minimum atomic E-state index is -4.42. The molecule has 0 atom stereocenters. The molecular weight excluding hydrogens is 395 g/mol. The highest BCUT2D eigenvalue weighted by Gasteiger charge is 2.33. The van der Waals surface area contributed by atoms with Crippen molar-refractivity contribution in [2.75, 3.05) is 38.1 Å². The molecule has 8 nitrogen and oxygen atoms in total. The largest absolute Gasteiger partial charge is 0.434 e. The second-order valence-electron chi connectivity index (χ2n) is 6.19. The Labute approximate surface area is 163 Å². The molecule has 28 heavy (non-hydrogen) atoms. The van der Waals surface area contributed by atoms with Crippen molar-refractivity contribution < 1.29 is 18.0 Å². The van der Waals surface area contributed by atoms with Gasteiger partial charge in [-0.05, 0) is 0 Å². The average Bonchev–Trinajstić information content (AvgIpc) is 3.27. The minimum Gasteiger partial charge on any atom is -0.356 e. The molecular formula is C16H20F3N7OS. The summed E-state index contributed by atoms with van der Waals surface area (Å²) < 4.78 is 39.4. The zero-order valence-corrected chi connectivity index (χ0v) is 16.2. The van der Waals surface area contributed by atoms with Gasteiger partial charge in [-0.3, -0.25) is 14.5 Å². The third-order valence-electron chi connectivity index (χ3n) is 4.20. The van der Waals surface area contributed by atoms with Gasteiger partial charge in [-0.1, -0.05) is 0 Å². The SMILES string of the molecule is CN=C(NCCc1nc(C(F)(F)F)cs1)N1CCN(c2cnn(C)c2)C(=O)C1. The number of hydrogen-bond donors (Lipinski definition) is 1. The number of piperazine rings is 1. The number of aryl methyl sites for hydroxylation is 1. The van der Waals surface area contributed by atoms with Gasteiger partial charge < -0.3 is 15.1 Å². The predicted molar refractivity (Wildman–Crippen MR) is 99.3 cm³/mol. The highest BCUT2D eigenvalue weighted by Crippen LogP contribution is 2.30. The monoisotopic (exact) mass is 415 g/mol. The number of halogens is 3. The van der Waals surface area contributed by atoms with Crippen LogP contribution in [0.25, 0.3) is 0 Å². The molecule has 3 heterocycles. The lowest BCUT2D eigenvalue weighted by molar-refractivity contribution is -0.140. The van der Waals surface area contributed by atoms with Crippen LogP contribution in [0, 0.1) is 0 Å². The number of nitrogens with zero attached hydrogens (tertiary/aromatic N) is 6. The van der Waals surface area contributed by atoms with Crippen LogP contribution in [0.1, 0.15) is 10.7 Å². The van der Waals surface area contributed by atoms with Crippen LogP contribution in [0.4, 0.5) is 18.9 Å². The quantitative estimate of drug-likeness (QED) is 0.603. The zero-order valence-electron chi connectivity index (χ0n) is 15.4. The molecule has 0 aromatic carbocycles. The second kappa shape index (κ2) is 8.17. The van der Waals surface area contributed by atoms with Crippen molar-refractivity contribution in [1.29, 1.82) is 0 Å². The molecule has 2 aromatic rings. The van der Waals surface area contributed by atoms with Crippen molar-refractivity contribution in [3.05, 3.63) is 28.5 Å². The summed E-state index contributed by atoms with van der Waals surface area (Å²) in [7, 11) is 3.39. The molecule has 1 amide bonds. The number of anilines is 1. The van der Waals surface area contributed by atoms with Crippen LogP contribution in [0.5, 0.6) is 0 Å². The molecule has 0 unspecified atom stereocenters. The summed E-state index contributed by atoms with van der Waals surface area (Å²) in [5.41, 5.74) is -0.117. The maximum atomic E-state index is 12.6. The first kappa shape index (κ1) is 20.1. The minimum absolute atomic E-state index is 0.0723. The Morgan fingerprint density at radius 1 is 1.39 bits per heavy atom. The number of hydrogen-bond acceptors (Lipinski definition) is 5. The fourth-order valence-electron chi connectivity index (χ4n) is 2.84. The Hall–Kier alpha value is -2.63. The molecule has 0 aliphatic carbocycles. The fourth-order valence-corrected chi connectivity index (χ4v) is 3.65. The van der Waals surface area contributed by atoms with Crippen LogP contribution >= 0.6 is 11.3 Å². The molecule has 1 aliphatic rings. The lowest BCUT2D eigenvalue weighted by atomic mass is 10.3. The van der Waals surface area contributed by atoms with E-state index in [4.69, 9.17) is 0 Å². The van der Waals surface area contributed by atoms with Gasteiger partial charge in [-0.2, -0.15) is 18.3 Å². The molecule has 3 rings (SSSR count). The lowest BCUT2D eigenvalue weighted by Crippen LogP contribution is -2.55. The highest BCUT2D eigenvalue weighted by atomic mass is 32.1. The van der Waals surface area contributed by atoms with E-state index in [9.17, 15) is 18.0 Å². The molecule has 1 fully saturated rings. The van der Waals surface area contributed by atoms with Crippen LogP contribution in [0.15, 0.2) is 22.8 Å². The molecule has 152 valence electrons. The maximum absolute atomic E-state index is 12.6. The second-order valence-corrected chi connectivity index (χ2v) is 7.13. The Bertz CT molecular complexity index is 861. The van der Waals surface area contributed by atoms with Crippen molar-refractivity contribution in [3.8, 4) is 0 Å². The highest BCUT2D eigenvalue weighted by molar-refractivity contribution is 7.09. The summed E-state index contributed by atoms with van der Waals surface area (Å²) in [4.78, 5) is 23.7. The van der Waals surface area contributed by atoms with Gasteiger partial charge in [0.15, 0.2) is 11.7 Å². The average molecular weight is 415 g/mol. The standard InChI is InChI=1S/C16H20F3N7OS/c1-20-15(21-4-3-13-23-12(10-28-13)16(17,18)19)25-5-6-26(14(27)9-25)11-7-22-24(2)8-11/h7-8,10H,3-6,9H2,1-2H3,(H,20,21). The van der Waals surface area contributed by atoms with Crippen LogP contribution < -0.4 is 10.2 Å². The molecule has 1 N–H and O–H groups in total. The van der Waals surface area contributed by atoms with Gasteiger partial charge >= 0.3 is 6.18 Å². The Morgan fingerprint density at radius 3 is 2.75 bits per heavy atom. The molecule has 2 aromatic heterocycles. The van der Waals surface area contributed by atoms with Crippen molar-refractivity contribution >= 4 is 28.9 Å². The van der Waals surface area contributed by atoms with Gasteiger partial charge in [-0.15, -0.1) is 11.3 Å². The van der Waals surface area contributed by atoms with Crippen LogP contribution in [-0.2, 0) is 24.4 Å². The van der Waals surface area contributed by atoms with E-state index in [2.05, 4.69) is 20.4 Å². The third kappa shape index (κ3) is 4.61. The molecule has 0 saturated carbocycles. The summed E-state index contributed by atoms with van der Waals surface area (Å²) in [5.74, 6) is 0.462. The molecule has 0 bridgehead atoms. The van der Waals surface area contributed by atoms with Gasteiger partial charge in [0.25, 0.3) is 0 Å². The first-order chi connectivity index (χ1) is 13.3. The van der Waals surface area contributed by atoms with Crippen LogP contribution in [-0.4, -0.2) is 64.8 Å². The fraction of sp³-hybridized carbons (Fsp3) is 0.500. The van der Waals surface area contributed by atoms with Gasteiger partial charge in [0.1, 0.15) is 6.54 Å². The Balaban J connectivity index is 1.52. The number of carbonyl (C=O) groups is 1. The van der Waals surface area contributed by atoms with Gasteiger partial charge in [0.05, 0.1) is 16.9 Å². The first-order valence-electron chi connectivity index (χ1n) is 8.54. The summed E-state index contributed by atoms with van der Waals surface area (Å²) in [5, 5.41) is 8.58. The van der Waals surface area contributed by atoms with Crippen molar-refractivity contribution in [1.82, 2.24) is 25.0 Å². The van der Waals surface area contributed by atoms with Crippen molar-refractivity contribution in [2.45, 2.75) is 12.6 Å². The van der Waals surface area contributed by atoms with E-state index in [0.717, 1.165) is 22.4 Å². The smallest absolute Gasteiger partial charge is 0.356 e. The van der Waals surface area contributed by atoms with Gasteiger partial charge in [0, 0.05) is 51.7 Å². The Morgan fingerprint density at radius 2 is 2.18 bits per heavy atom. The number of thiazole rings is 1. The first-order valence-corrected chi connectivity index (χ1v) is 9.42. The lowest BCUT2D eigenvalue weighted by Gasteiger charge is -2.35. The number of nitrogens with one attached hydrogen (secondary N) is 1. The van der Waals surface area contributed by atoms with E-state index in [1.807, 2.05) is 4.90 Å². The van der Waals surface area contributed by atoms with Gasteiger partial charge in [0.2, 0.25) is 5.91 Å². The number of rotatable bonds is 4. The topological polar surface area (TPSA) is 78.7 Å². The van der Waals surface area contributed by atoms with E-state index < -0.39 is 11.9 Å². The molecule has 0 radical (unpaired) electrons. The molecule has 0 spiro atoms. The third-order valence-corrected chi connectivity index (χ3v) is 5.11. The van der Waals surface area contributed by atoms with E-state index in [0.29, 0.717) is 37.0 Å². The number of aliphatic imine (C=N–C) groups is 1. The van der Waals surface area contributed by atoms with Crippen molar-refractivity contribution in [2.24, 2.45) is 12.0 Å². The van der Waals surface area contributed by atoms with E-state index in [1.165, 1.54) is 0 Å². The summed E-state index contributed by atoms with van der Waals surface area (Å²) in [6.07, 6.45) is -0.663. The summed E-state index contributed by atoms with van der Waals surface area (Å²) in [6.45, 7) is 1.60. The Kier molecular flexibility index (Phi) is 5.87. The summed E-state index contributed by atoms with van der Waals surface area (Å²) in [6, 6.07) is 0.